The molecule has 1 amide bonds. The maximum atomic E-state index is 12.2. The topological polar surface area (TPSA) is 83.6 Å². The largest absolute Gasteiger partial charge is 0.480 e. The lowest BCUT2D eigenvalue weighted by Gasteiger charge is -2.25. The average molecular weight is 270 g/mol. The summed E-state index contributed by atoms with van der Waals surface area (Å²) in [5.74, 6) is -2.49. The molecule has 18 heavy (non-hydrogen) atoms. The standard InChI is InChI=1S/C10H17F3N2O3/c1-2-3-4-7(14)9(18)15(5-8(16)17)6-10(11,12)13/h7H,2-6,14H2,1H3,(H,16,17)/t7-/m0/s1. The van der Waals surface area contributed by atoms with Gasteiger partial charge in [0.15, 0.2) is 0 Å². The predicted octanol–water partition coefficient (Wildman–Crippen LogP) is 0.979. The van der Waals surface area contributed by atoms with E-state index < -0.39 is 37.2 Å². The van der Waals surface area contributed by atoms with Crippen LogP contribution >= 0.6 is 0 Å². The summed E-state index contributed by atoms with van der Waals surface area (Å²) >= 11 is 0. The smallest absolute Gasteiger partial charge is 0.406 e. The Bertz CT molecular complexity index is 295. The van der Waals surface area contributed by atoms with E-state index in [9.17, 15) is 22.8 Å². The lowest BCUT2D eigenvalue weighted by molar-refractivity contribution is -0.166. The van der Waals surface area contributed by atoms with Crippen molar-refractivity contribution in [3.8, 4) is 0 Å². The Hall–Kier alpha value is -1.31. The number of nitrogens with zero attached hydrogens (tertiary/aromatic N) is 1. The van der Waals surface area contributed by atoms with Crippen molar-refractivity contribution in [3.63, 3.8) is 0 Å². The zero-order valence-corrected chi connectivity index (χ0v) is 10.0. The highest BCUT2D eigenvalue weighted by molar-refractivity contribution is 5.85. The molecule has 5 nitrogen and oxygen atoms in total. The van der Waals surface area contributed by atoms with Crippen LogP contribution in [0.25, 0.3) is 0 Å². The van der Waals surface area contributed by atoms with E-state index in [1.807, 2.05) is 6.92 Å². The molecule has 0 aromatic heterocycles. The molecule has 0 aromatic rings. The quantitative estimate of drug-likeness (QED) is 0.722. The lowest BCUT2D eigenvalue weighted by atomic mass is 10.1. The van der Waals surface area contributed by atoms with E-state index in [1.54, 1.807) is 0 Å². The summed E-state index contributed by atoms with van der Waals surface area (Å²) in [5.41, 5.74) is 5.45. The molecule has 0 bridgehead atoms. The van der Waals surface area contributed by atoms with Crippen LogP contribution in [0.2, 0.25) is 0 Å². The van der Waals surface area contributed by atoms with Gasteiger partial charge in [-0.2, -0.15) is 13.2 Å². The van der Waals surface area contributed by atoms with Gasteiger partial charge >= 0.3 is 12.1 Å². The number of carboxylic acids is 1. The number of carbonyl (C=O) groups is 2. The van der Waals surface area contributed by atoms with E-state index in [-0.39, 0.29) is 11.3 Å². The molecule has 0 fully saturated rings. The van der Waals surface area contributed by atoms with Crippen LogP contribution in [0.5, 0.6) is 0 Å². The van der Waals surface area contributed by atoms with Gasteiger partial charge in [-0.25, -0.2) is 0 Å². The Morgan fingerprint density at radius 2 is 1.94 bits per heavy atom. The van der Waals surface area contributed by atoms with Crippen LogP contribution in [0.15, 0.2) is 0 Å². The SMILES string of the molecule is CCCC[C@H](N)C(=O)N(CC(=O)O)CC(F)(F)F. The van der Waals surface area contributed by atoms with Crippen LogP contribution in [0.1, 0.15) is 26.2 Å². The van der Waals surface area contributed by atoms with Gasteiger partial charge in [0.1, 0.15) is 13.1 Å². The maximum Gasteiger partial charge on any atom is 0.406 e. The summed E-state index contributed by atoms with van der Waals surface area (Å²) in [4.78, 5) is 22.3. The summed E-state index contributed by atoms with van der Waals surface area (Å²) < 4.78 is 36.6. The molecule has 0 unspecified atom stereocenters. The maximum absolute atomic E-state index is 12.2. The van der Waals surface area contributed by atoms with Gasteiger partial charge in [0.2, 0.25) is 5.91 Å². The average Bonchev–Trinajstić information content (AvgIpc) is 2.21. The third-order valence-electron chi connectivity index (χ3n) is 2.19. The molecular weight excluding hydrogens is 253 g/mol. The van der Waals surface area contributed by atoms with Crippen LogP contribution < -0.4 is 5.73 Å². The van der Waals surface area contributed by atoms with Crippen LogP contribution in [0, 0.1) is 0 Å². The van der Waals surface area contributed by atoms with Gasteiger partial charge in [-0.15, -0.1) is 0 Å². The highest BCUT2D eigenvalue weighted by Gasteiger charge is 2.35. The van der Waals surface area contributed by atoms with Crippen molar-refractivity contribution in [1.82, 2.24) is 4.90 Å². The third kappa shape index (κ3) is 7.10. The van der Waals surface area contributed by atoms with E-state index in [1.165, 1.54) is 0 Å². The van der Waals surface area contributed by atoms with Gasteiger partial charge < -0.3 is 15.7 Å². The first kappa shape index (κ1) is 16.7. The van der Waals surface area contributed by atoms with Crippen molar-refractivity contribution in [2.24, 2.45) is 5.73 Å². The molecule has 0 rings (SSSR count). The number of carboxylic acid groups (broad SMARTS) is 1. The summed E-state index contributed by atoms with van der Waals surface area (Å²) in [7, 11) is 0. The van der Waals surface area contributed by atoms with Gasteiger partial charge in [0.05, 0.1) is 6.04 Å². The zero-order chi connectivity index (χ0) is 14.3. The lowest BCUT2D eigenvalue weighted by Crippen LogP contribution is -2.49. The van der Waals surface area contributed by atoms with E-state index in [0.29, 0.717) is 6.42 Å². The number of hydrogen-bond acceptors (Lipinski definition) is 3. The zero-order valence-electron chi connectivity index (χ0n) is 10.0. The molecule has 1 atom stereocenters. The fourth-order valence-corrected chi connectivity index (χ4v) is 1.37. The summed E-state index contributed by atoms with van der Waals surface area (Å²) in [5, 5.41) is 8.49. The van der Waals surface area contributed by atoms with Crippen molar-refractivity contribution in [3.05, 3.63) is 0 Å². The number of rotatable bonds is 7. The molecule has 0 radical (unpaired) electrons. The Kier molecular flexibility index (Phi) is 6.67. The molecule has 3 N–H and O–H groups in total. The second kappa shape index (κ2) is 7.20. The van der Waals surface area contributed by atoms with Gasteiger partial charge in [0, 0.05) is 0 Å². The third-order valence-corrected chi connectivity index (χ3v) is 2.19. The second-order valence-electron chi connectivity index (χ2n) is 3.95. The number of alkyl halides is 3. The van der Waals surface area contributed by atoms with Crippen LogP contribution in [-0.2, 0) is 9.59 Å². The van der Waals surface area contributed by atoms with Crippen molar-refractivity contribution in [1.29, 1.82) is 0 Å². The van der Waals surface area contributed by atoms with Crippen molar-refractivity contribution < 1.29 is 27.9 Å². The number of amides is 1. The van der Waals surface area contributed by atoms with E-state index in [2.05, 4.69) is 0 Å². The normalized spacial score (nSPS) is 13.2. The minimum absolute atomic E-state index is 0.225. The molecular formula is C10H17F3N2O3. The fraction of sp³-hybridized carbons (Fsp3) is 0.800. The van der Waals surface area contributed by atoms with E-state index in [4.69, 9.17) is 10.8 Å². The number of aliphatic carboxylic acids is 1. The van der Waals surface area contributed by atoms with Crippen LogP contribution in [0.4, 0.5) is 13.2 Å². The molecule has 0 saturated heterocycles. The molecule has 106 valence electrons. The minimum atomic E-state index is -4.64. The highest BCUT2D eigenvalue weighted by Crippen LogP contribution is 2.17. The van der Waals surface area contributed by atoms with Crippen LogP contribution in [0.3, 0.4) is 0 Å². The van der Waals surface area contributed by atoms with Crippen LogP contribution in [-0.4, -0.2) is 47.2 Å². The number of nitrogens with two attached hydrogens (primary N) is 1. The molecule has 0 saturated carbocycles. The monoisotopic (exact) mass is 270 g/mol. The Labute approximate surface area is 103 Å². The van der Waals surface area contributed by atoms with Crippen molar-refractivity contribution in [2.45, 2.75) is 38.4 Å². The molecule has 0 aliphatic heterocycles. The number of carbonyl (C=O) groups excluding carboxylic acids is 1. The first-order valence-electron chi connectivity index (χ1n) is 5.50. The molecule has 0 aliphatic rings. The molecule has 8 heteroatoms. The van der Waals surface area contributed by atoms with Gasteiger partial charge in [-0.1, -0.05) is 19.8 Å². The van der Waals surface area contributed by atoms with Gasteiger partial charge in [0.25, 0.3) is 0 Å². The number of hydrogen-bond donors (Lipinski definition) is 2. The summed E-state index contributed by atoms with van der Waals surface area (Å²) in [6.07, 6.45) is -3.06. The first-order chi connectivity index (χ1) is 8.17. The minimum Gasteiger partial charge on any atom is -0.480 e. The van der Waals surface area contributed by atoms with Gasteiger partial charge in [-0.3, -0.25) is 9.59 Å². The van der Waals surface area contributed by atoms with E-state index >= 15 is 0 Å². The van der Waals surface area contributed by atoms with Crippen molar-refractivity contribution in [2.75, 3.05) is 13.1 Å². The number of unbranched alkanes of at least 4 members (excludes halogenated alkanes) is 1. The highest BCUT2D eigenvalue weighted by atomic mass is 19.4. The summed E-state index contributed by atoms with van der Waals surface area (Å²) in [6, 6.07) is -1.09. The first-order valence-corrected chi connectivity index (χ1v) is 5.50. The Morgan fingerprint density at radius 1 is 1.39 bits per heavy atom. The Balaban J connectivity index is 4.63. The molecule has 0 aromatic carbocycles. The summed E-state index contributed by atoms with van der Waals surface area (Å²) in [6.45, 7) is -0.752. The van der Waals surface area contributed by atoms with Crippen molar-refractivity contribution >= 4 is 11.9 Å². The second-order valence-corrected chi connectivity index (χ2v) is 3.95. The number of halogens is 3. The Morgan fingerprint density at radius 3 is 2.33 bits per heavy atom. The molecule has 0 spiro atoms. The molecule has 0 aliphatic carbocycles. The molecule has 0 heterocycles. The predicted molar refractivity (Wildman–Crippen MR) is 57.8 cm³/mol. The van der Waals surface area contributed by atoms with Gasteiger partial charge in [-0.05, 0) is 6.42 Å². The van der Waals surface area contributed by atoms with E-state index in [0.717, 1.165) is 6.42 Å². The fourth-order valence-electron chi connectivity index (χ4n) is 1.37.